The minimum absolute atomic E-state index is 0.0461. The Hall–Kier alpha value is -2.14. The summed E-state index contributed by atoms with van der Waals surface area (Å²) in [5, 5.41) is 2.90. The number of carbonyl (C=O) groups excluding carboxylic acids is 1. The zero-order valence-electron chi connectivity index (χ0n) is 14.0. The van der Waals surface area contributed by atoms with Crippen LogP contribution in [0.1, 0.15) is 29.0 Å². The molecule has 1 amide bonds. The number of nitrogens with one attached hydrogen (secondary N) is 1. The quantitative estimate of drug-likeness (QED) is 0.925. The number of hydrogen-bond acceptors (Lipinski definition) is 3. The van der Waals surface area contributed by atoms with E-state index in [1.807, 2.05) is 26.0 Å². The normalized spacial score (nSPS) is 19.8. The molecule has 1 aliphatic rings. The van der Waals surface area contributed by atoms with Gasteiger partial charge in [0.2, 0.25) is 5.91 Å². The van der Waals surface area contributed by atoms with E-state index in [1.54, 1.807) is 12.1 Å². The van der Waals surface area contributed by atoms with Gasteiger partial charge in [0, 0.05) is 17.9 Å². The van der Waals surface area contributed by atoms with Crippen LogP contribution in [0.15, 0.2) is 47.4 Å². The molecule has 0 heterocycles. The van der Waals surface area contributed by atoms with E-state index in [1.165, 1.54) is 17.2 Å². The van der Waals surface area contributed by atoms with Crippen LogP contribution >= 0.6 is 0 Å². The van der Waals surface area contributed by atoms with Crippen molar-refractivity contribution in [3.05, 3.63) is 59.2 Å². The summed E-state index contributed by atoms with van der Waals surface area (Å²) in [5.74, 6) is 0.159. The molecule has 1 N–H and O–H groups in total. The molecule has 1 saturated carbocycles. The largest absolute Gasteiger partial charge is 0.326 e. The lowest BCUT2D eigenvalue weighted by Gasteiger charge is -2.10. The summed E-state index contributed by atoms with van der Waals surface area (Å²) < 4.78 is 23.4. The average molecular weight is 343 g/mol. The van der Waals surface area contributed by atoms with E-state index in [4.69, 9.17) is 0 Å². The zero-order valence-corrected chi connectivity index (χ0v) is 14.9. The van der Waals surface area contributed by atoms with Crippen LogP contribution in [0.2, 0.25) is 0 Å². The highest BCUT2D eigenvalue weighted by Crippen LogP contribution is 2.48. The van der Waals surface area contributed by atoms with Crippen molar-refractivity contribution in [3.8, 4) is 0 Å². The summed E-state index contributed by atoms with van der Waals surface area (Å²) >= 11 is 0. The standard InChI is InChI=1S/C19H21NO3S/c1-12-5-4-6-14(9-12)16-11-17(16)19(21)20-18-10-15(24(3,22)23)8-7-13(18)2/h4-10,16-17H,11H2,1-3H3,(H,20,21)/t16-,17+/m1/s1. The van der Waals surface area contributed by atoms with Crippen LogP contribution in [-0.2, 0) is 14.6 Å². The van der Waals surface area contributed by atoms with Crippen molar-refractivity contribution in [1.29, 1.82) is 0 Å². The monoisotopic (exact) mass is 343 g/mol. The van der Waals surface area contributed by atoms with E-state index >= 15 is 0 Å². The highest BCUT2D eigenvalue weighted by atomic mass is 32.2. The summed E-state index contributed by atoms with van der Waals surface area (Å²) in [4.78, 5) is 12.7. The third-order valence-electron chi connectivity index (χ3n) is 4.49. The Kier molecular flexibility index (Phi) is 4.22. The Morgan fingerprint density at radius 1 is 1.12 bits per heavy atom. The lowest BCUT2D eigenvalue weighted by Crippen LogP contribution is -2.16. The lowest BCUT2D eigenvalue weighted by molar-refractivity contribution is -0.117. The van der Waals surface area contributed by atoms with Gasteiger partial charge in [0.1, 0.15) is 0 Å². The molecule has 0 spiro atoms. The first kappa shape index (κ1) is 16.7. The van der Waals surface area contributed by atoms with Crippen LogP contribution in [0.25, 0.3) is 0 Å². The van der Waals surface area contributed by atoms with Crippen molar-refractivity contribution >= 4 is 21.4 Å². The minimum atomic E-state index is -3.29. The number of amides is 1. The molecule has 5 heteroatoms. The van der Waals surface area contributed by atoms with E-state index < -0.39 is 9.84 Å². The number of aryl methyl sites for hydroxylation is 2. The molecule has 4 nitrogen and oxygen atoms in total. The predicted molar refractivity (Wildman–Crippen MR) is 94.9 cm³/mol. The zero-order chi connectivity index (χ0) is 17.5. The maximum Gasteiger partial charge on any atom is 0.228 e. The van der Waals surface area contributed by atoms with E-state index in [-0.39, 0.29) is 22.6 Å². The van der Waals surface area contributed by atoms with Crippen LogP contribution < -0.4 is 5.32 Å². The predicted octanol–water partition coefficient (Wildman–Crippen LogP) is 3.45. The maximum absolute atomic E-state index is 12.5. The van der Waals surface area contributed by atoms with Crippen molar-refractivity contribution in [3.63, 3.8) is 0 Å². The van der Waals surface area contributed by atoms with Gasteiger partial charge in [-0.2, -0.15) is 0 Å². The number of anilines is 1. The SMILES string of the molecule is Cc1cccc([C@H]2C[C@@H]2C(=O)Nc2cc(S(C)(=O)=O)ccc2C)c1. The van der Waals surface area contributed by atoms with E-state index in [9.17, 15) is 13.2 Å². The number of rotatable bonds is 4. The first-order chi connectivity index (χ1) is 11.3. The molecule has 2 aromatic rings. The summed E-state index contributed by atoms with van der Waals surface area (Å²) in [7, 11) is -3.29. The molecule has 24 heavy (non-hydrogen) atoms. The highest BCUT2D eigenvalue weighted by molar-refractivity contribution is 7.90. The number of benzene rings is 2. The summed E-state index contributed by atoms with van der Waals surface area (Å²) in [6.45, 7) is 3.90. The number of carbonyl (C=O) groups is 1. The van der Waals surface area contributed by atoms with Crippen LogP contribution in [-0.4, -0.2) is 20.6 Å². The maximum atomic E-state index is 12.5. The van der Waals surface area contributed by atoms with Crippen molar-refractivity contribution in [2.75, 3.05) is 11.6 Å². The van der Waals surface area contributed by atoms with E-state index in [2.05, 4.69) is 17.4 Å². The molecule has 1 fully saturated rings. The van der Waals surface area contributed by atoms with Gasteiger partial charge in [0.15, 0.2) is 9.84 Å². The minimum Gasteiger partial charge on any atom is -0.326 e. The summed E-state index contributed by atoms with van der Waals surface area (Å²) in [6, 6.07) is 13.0. The first-order valence-corrected chi connectivity index (χ1v) is 9.83. The molecule has 1 aliphatic carbocycles. The molecule has 3 rings (SSSR count). The summed E-state index contributed by atoms with van der Waals surface area (Å²) in [5.41, 5.74) is 3.80. The van der Waals surface area contributed by atoms with Gasteiger partial charge >= 0.3 is 0 Å². The Morgan fingerprint density at radius 2 is 1.88 bits per heavy atom. The molecule has 0 radical (unpaired) electrons. The molecular formula is C19H21NO3S. The van der Waals surface area contributed by atoms with Crippen molar-refractivity contribution in [2.24, 2.45) is 5.92 Å². The second-order valence-corrected chi connectivity index (χ2v) is 8.62. The molecule has 0 aliphatic heterocycles. The average Bonchev–Trinajstić information content (AvgIpc) is 3.29. The number of sulfone groups is 1. The Morgan fingerprint density at radius 3 is 2.54 bits per heavy atom. The topological polar surface area (TPSA) is 63.2 Å². The first-order valence-electron chi connectivity index (χ1n) is 7.94. The van der Waals surface area contributed by atoms with Crippen molar-refractivity contribution in [1.82, 2.24) is 0 Å². The van der Waals surface area contributed by atoms with Crippen molar-refractivity contribution in [2.45, 2.75) is 31.1 Å². The van der Waals surface area contributed by atoms with Crippen LogP contribution in [0.3, 0.4) is 0 Å². The van der Waals surface area contributed by atoms with E-state index in [0.717, 1.165) is 18.2 Å². The lowest BCUT2D eigenvalue weighted by atomic mass is 10.1. The van der Waals surface area contributed by atoms with Gasteiger partial charge in [-0.15, -0.1) is 0 Å². The summed E-state index contributed by atoms with van der Waals surface area (Å²) in [6.07, 6.45) is 2.00. The third-order valence-corrected chi connectivity index (χ3v) is 5.60. The van der Waals surface area contributed by atoms with Gasteiger partial charge in [-0.3, -0.25) is 4.79 Å². The van der Waals surface area contributed by atoms with Crippen LogP contribution in [0.5, 0.6) is 0 Å². The van der Waals surface area contributed by atoms with Gasteiger partial charge in [-0.05, 0) is 49.4 Å². The molecule has 2 aromatic carbocycles. The fourth-order valence-corrected chi connectivity index (χ4v) is 3.59. The van der Waals surface area contributed by atoms with Gasteiger partial charge in [0.05, 0.1) is 4.90 Å². The van der Waals surface area contributed by atoms with E-state index in [0.29, 0.717) is 5.69 Å². The molecular weight excluding hydrogens is 322 g/mol. The Bertz CT molecular complexity index is 903. The second kappa shape index (κ2) is 6.06. The van der Waals surface area contributed by atoms with Gasteiger partial charge in [-0.25, -0.2) is 8.42 Å². The Labute approximate surface area is 142 Å². The fraction of sp³-hybridized carbons (Fsp3) is 0.316. The molecule has 0 unspecified atom stereocenters. The Balaban J connectivity index is 1.75. The van der Waals surface area contributed by atoms with Crippen LogP contribution in [0, 0.1) is 19.8 Å². The fourth-order valence-electron chi connectivity index (χ4n) is 2.95. The van der Waals surface area contributed by atoms with Crippen molar-refractivity contribution < 1.29 is 13.2 Å². The molecule has 0 aromatic heterocycles. The van der Waals surface area contributed by atoms with Gasteiger partial charge < -0.3 is 5.32 Å². The molecule has 0 bridgehead atoms. The van der Waals surface area contributed by atoms with Gasteiger partial charge in [-0.1, -0.05) is 35.9 Å². The molecule has 126 valence electrons. The smallest absolute Gasteiger partial charge is 0.228 e. The highest BCUT2D eigenvalue weighted by Gasteiger charge is 2.44. The third kappa shape index (κ3) is 3.51. The van der Waals surface area contributed by atoms with Crippen LogP contribution in [0.4, 0.5) is 5.69 Å². The second-order valence-electron chi connectivity index (χ2n) is 6.60. The number of hydrogen-bond donors (Lipinski definition) is 1. The molecule has 2 atom stereocenters. The molecule has 0 saturated heterocycles. The van der Waals surface area contributed by atoms with Gasteiger partial charge in [0.25, 0.3) is 0 Å².